The van der Waals surface area contributed by atoms with Crippen LogP contribution in [0.4, 0.5) is 4.39 Å². The van der Waals surface area contributed by atoms with Crippen LogP contribution in [0.1, 0.15) is 26.3 Å². The molecule has 12 nitrogen and oxygen atoms in total. The molecule has 1 aromatic heterocycles. The zero-order chi connectivity index (χ0) is 32.9. The first-order valence-electron chi connectivity index (χ1n) is 14.4. The van der Waals surface area contributed by atoms with Crippen molar-refractivity contribution in [3.8, 4) is 17.0 Å². The predicted octanol–water partition coefficient (Wildman–Crippen LogP) is 2.85. The summed E-state index contributed by atoms with van der Waals surface area (Å²) in [6.07, 6.45) is -0.263. The molecule has 0 spiro atoms. The number of rotatable bonds is 8. The van der Waals surface area contributed by atoms with Gasteiger partial charge in [0.05, 0.1) is 22.4 Å². The fourth-order valence-electron chi connectivity index (χ4n) is 5.72. The van der Waals surface area contributed by atoms with Gasteiger partial charge in [0.2, 0.25) is 0 Å². The van der Waals surface area contributed by atoms with Crippen molar-refractivity contribution in [3.05, 3.63) is 59.0 Å². The summed E-state index contributed by atoms with van der Waals surface area (Å²) in [5.41, 5.74) is 2.82. The third kappa shape index (κ3) is 5.84. The molecule has 46 heavy (non-hydrogen) atoms. The smallest absolute Gasteiger partial charge is 0.355 e. The molecule has 242 valence electrons. The Kier molecular flexibility index (Phi) is 8.31. The van der Waals surface area contributed by atoms with Gasteiger partial charge in [0.1, 0.15) is 35.3 Å². The number of carbonyl (C=O) groups excluding carboxylic acids is 4. The van der Waals surface area contributed by atoms with Gasteiger partial charge in [-0.3, -0.25) is 19.3 Å². The van der Waals surface area contributed by atoms with Crippen LogP contribution in [0.3, 0.4) is 0 Å². The quantitative estimate of drug-likeness (QED) is 0.269. The van der Waals surface area contributed by atoms with Crippen LogP contribution in [0.2, 0.25) is 0 Å². The number of aryl methyl sites for hydroxylation is 1. The average molecular weight is 672 g/mol. The molecule has 0 saturated carbocycles. The Balaban J connectivity index is 1.15. The number of hydrogen-bond acceptors (Lipinski definition) is 10. The minimum Gasteiger partial charge on any atom is -0.484 e. The molecule has 6 rings (SSSR count). The summed E-state index contributed by atoms with van der Waals surface area (Å²) in [5, 5.41) is 2.66. The van der Waals surface area contributed by atoms with Crippen molar-refractivity contribution in [3.63, 3.8) is 0 Å². The summed E-state index contributed by atoms with van der Waals surface area (Å²) < 4.78 is 56.4. The lowest BCUT2D eigenvalue weighted by atomic mass is 10.0. The van der Waals surface area contributed by atoms with Crippen LogP contribution in [0.15, 0.2) is 52.6 Å². The number of thioether (sulfide) groups is 1. The lowest BCUT2D eigenvalue weighted by Gasteiger charge is -2.49. The first kappa shape index (κ1) is 31.6. The summed E-state index contributed by atoms with van der Waals surface area (Å²) in [6.45, 7) is 3.89. The van der Waals surface area contributed by atoms with E-state index in [-0.39, 0.29) is 40.9 Å². The lowest BCUT2D eigenvalue weighted by molar-refractivity contribution is -0.155. The molecule has 1 saturated heterocycles. The molecule has 3 aliphatic heterocycles. The highest BCUT2D eigenvalue weighted by molar-refractivity contribution is 8.00. The van der Waals surface area contributed by atoms with E-state index in [1.807, 2.05) is 0 Å². The summed E-state index contributed by atoms with van der Waals surface area (Å²) in [6, 6.07) is 7.85. The van der Waals surface area contributed by atoms with Gasteiger partial charge in [0.25, 0.3) is 11.8 Å². The lowest BCUT2D eigenvalue weighted by Crippen LogP contribution is -2.71. The fraction of sp³-hybridized carbons (Fsp3) is 0.355. The molecule has 3 aromatic rings. The number of nitrogens with one attached hydrogen (secondary N) is 2. The average Bonchev–Trinajstić information content (AvgIpc) is 3.31. The van der Waals surface area contributed by atoms with Crippen molar-refractivity contribution in [1.29, 1.82) is 0 Å². The van der Waals surface area contributed by atoms with Gasteiger partial charge in [-0.2, -0.15) is 0 Å². The SMILES string of the molecule is CC(=O)OCC1=C(C(=O)OC(C)C)N2C(=O)C(NC(=O)COc3ccc4c(c3)S(=O)(=O)CCc3c-4[nH]c4ccc(F)cc34)C2SC1. The maximum absolute atomic E-state index is 14.0. The van der Waals surface area contributed by atoms with E-state index in [4.69, 9.17) is 14.2 Å². The molecule has 2 N–H and O–H groups in total. The van der Waals surface area contributed by atoms with Gasteiger partial charge >= 0.3 is 11.9 Å². The maximum Gasteiger partial charge on any atom is 0.355 e. The molecule has 4 heterocycles. The second kappa shape index (κ2) is 12.1. The van der Waals surface area contributed by atoms with Gasteiger partial charge in [-0.25, -0.2) is 17.6 Å². The number of β-lactam (4-membered cyclic amide) rings is 1. The minimum atomic E-state index is -3.74. The summed E-state index contributed by atoms with van der Waals surface area (Å²) in [7, 11) is -3.74. The fourth-order valence-corrected chi connectivity index (χ4v) is 8.54. The number of fused-ring (bicyclic) bond motifs is 6. The highest BCUT2D eigenvalue weighted by Gasteiger charge is 2.54. The summed E-state index contributed by atoms with van der Waals surface area (Å²) in [5.74, 6) is -2.64. The van der Waals surface area contributed by atoms with Gasteiger partial charge in [0, 0.05) is 34.7 Å². The summed E-state index contributed by atoms with van der Waals surface area (Å²) >= 11 is 1.30. The van der Waals surface area contributed by atoms with E-state index in [9.17, 15) is 32.0 Å². The normalized spacial score (nSPS) is 19.8. The molecule has 2 atom stereocenters. The molecule has 0 radical (unpaired) electrons. The molecule has 1 fully saturated rings. The van der Waals surface area contributed by atoms with E-state index in [1.165, 1.54) is 47.9 Å². The van der Waals surface area contributed by atoms with E-state index >= 15 is 0 Å². The second-order valence-corrected chi connectivity index (χ2v) is 14.5. The number of esters is 2. The Labute approximate surface area is 267 Å². The predicted molar refractivity (Wildman–Crippen MR) is 165 cm³/mol. The van der Waals surface area contributed by atoms with Gasteiger partial charge in [0.15, 0.2) is 16.4 Å². The number of carbonyl (C=O) groups is 4. The molecule has 0 bridgehead atoms. The number of halogens is 1. The molecular weight excluding hydrogens is 641 g/mol. The molecular formula is C31H30FN3O9S2. The topological polar surface area (TPSA) is 161 Å². The van der Waals surface area contributed by atoms with E-state index in [1.54, 1.807) is 26.0 Å². The number of sulfone groups is 1. The third-order valence-corrected chi connectivity index (χ3v) is 10.9. The molecule has 15 heteroatoms. The third-order valence-electron chi connectivity index (χ3n) is 7.77. The van der Waals surface area contributed by atoms with Crippen LogP contribution in [0.25, 0.3) is 22.2 Å². The molecule has 0 aliphatic carbocycles. The van der Waals surface area contributed by atoms with Crippen molar-refractivity contribution in [2.24, 2.45) is 0 Å². The van der Waals surface area contributed by atoms with Crippen molar-refractivity contribution >= 4 is 56.3 Å². The largest absolute Gasteiger partial charge is 0.484 e. The Morgan fingerprint density at radius 1 is 1.17 bits per heavy atom. The van der Waals surface area contributed by atoms with Crippen LogP contribution < -0.4 is 10.1 Å². The number of aromatic nitrogens is 1. The van der Waals surface area contributed by atoms with E-state index in [0.717, 1.165) is 0 Å². The van der Waals surface area contributed by atoms with E-state index < -0.39 is 63.5 Å². The number of nitrogens with zero attached hydrogens (tertiary/aromatic N) is 1. The van der Waals surface area contributed by atoms with Crippen LogP contribution in [-0.2, 0) is 44.9 Å². The van der Waals surface area contributed by atoms with Crippen molar-refractivity contribution in [2.75, 3.05) is 24.7 Å². The first-order chi connectivity index (χ1) is 21.8. The number of H-pyrrole nitrogens is 1. The van der Waals surface area contributed by atoms with E-state index in [2.05, 4.69) is 10.3 Å². The van der Waals surface area contributed by atoms with Gasteiger partial charge in [-0.15, -0.1) is 11.8 Å². The van der Waals surface area contributed by atoms with E-state index in [0.29, 0.717) is 33.3 Å². The van der Waals surface area contributed by atoms with Gasteiger partial charge < -0.3 is 24.5 Å². The van der Waals surface area contributed by atoms with Gasteiger partial charge in [-0.1, -0.05) is 0 Å². The first-order valence-corrected chi connectivity index (χ1v) is 17.1. The maximum atomic E-state index is 14.0. The molecule has 2 unspecified atom stereocenters. The second-order valence-electron chi connectivity index (χ2n) is 11.3. The Morgan fingerprint density at radius 3 is 2.70 bits per heavy atom. The highest BCUT2D eigenvalue weighted by atomic mass is 32.2. The highest BCUT2D eigenvalue weighted by Crippen LogP contribution is 2.42. The Bertz CT molecular complexity index is 1940. The Hall–Kier alpha value is -4.37. The van der Waals surface area contributed by atoms with Crippen LogP contribution in [-0.4, -0.2) is 84.3 Å². The number of hydrogen-bond donors (Lipinski definition) is 2. The van der Waals surface area contributed by atoms with Gasteiger partial charge in [-0.05, 0) is 62.2 Å². The van der Waals surface area contributed by atoms with Crippen molar-refractivity contribution in [2.45, 2.75) is 49.6 Å². The minimum absolute atomic E-state index is 0.000101. The van der Waals surface area contributed by atoms with Crippen LogP contribution in [0, 0.1) is 5.82 Å². The molecule has 2 aromatic carbocycles. The standard InChI is InChI=1S/C31H30FN3O9S2/c1-15(2)44-31(39)28-17(12-42-16(3)36)14-45-30-27(29(38)35(28)30)34-25(37)13-43-19-5-6-21-24(11-19)46(40,41)9-8-20-22-10-18(32)4-7-23(22)33-26(20)21/h4-7,10-11,15,27,30,33H,8-9,12-14H2,1-3H3,(H,34,37). The molecule has 2 amide bonds. The molecule has 3 aliphatic rings. The zero-order valence-electron chi connectivity index (χ0n) is 25.0. The number of ether oxygens (including phenoxy) is 3. The monoisotopic (exact) mass is 671 g/mol. The zero-order valence-corrected chi connectivity index (χ0v) is 26.7. The number of amides is 2. The number of benzene rings is 2. The van der Waals surface area contributed by atoms with Crippen LogP contribution >= 0.6 is 11.8 Å². The Morgan fingerprint density at radius 2 is 1.96 bits per heavy atom. The number of aromatic amines is 1. The summed E-state index contributed by atoms with van der Waals surface area (Å²) in [4.78, 5) is 54.8. The van der Waals surface area contributed by atoms with Crippen molar-refractivity contribution < 1.29 is 46.2 Å². The van der Waals surface area contributed by atoms with Crippen molar-refractivity contribution in [1.82, 2.24) is 15.2 Å². The van der Waals surface area contributed by atoms with Crippen LogP contribution in [0.5, 0.6) is 5.75 Å².